The maximum atomic E-state index is 11.7. The van der Waals surface area contributed by atoms with E-state index in [2.05, 4.69) is 21.2 Å². The minimum Gasteiger partial charge on any atom is -0.444 e. The van der Waals surface area contributed by atoms with Gasteiger partial charge in [0.25, 0.3) is 5.91 Å². The molecule has 0 spiro atoms. The summed E-state index contributed by atoms with van der Waals surface area (Å²) in [5, 5.41) is 3.04. The molecule has 0 atom stereocenters. The van der Waals surface area contributed by atoms with Crippen molar-refractivity contribution in [2.75, 3.05) is 27.2 Å². The summed E-state index contributed by atoms with van der Waals surface area (Å²) >= 11 is 3.17. The van der Waals surface area contributed by atoms with Crippen LogP contribution in [0.4, 0.5) is 0 Å². The van der Waals surface area contributed by atoms with Crippen LogP contribution in [0.5, 0.6) is 0 Å². The van der Waals surface area contributed by atoms with Crippen molar-refractivity contribution < 1.29 is 9.21 Å². The van der Waals surface area contributed by atoms with Gasteiger partial charge in [-0.1, -0.05) is 0 Å². The van der Waals surface area contributed by atoms with Gasteiger partial charge in [-0.3, -0.25) is 4.79 Å². The molecule has 0 saturated carbocycles. The van der Waals surface area contributed by atoms with Gasteiger partial charge in [0, 0.05) is 13.6 Å². The molecule has 15 heavy (non-hydrogen) atoms. The molecule has 0 aliphatic heterocycles. The van der Waals surface area contributed by atoms with Gasteiger partial charge in [-0.2, -0.15) is 0 Å². The first-order valence-corrected chi connectivity index (χ1v) is 5.60. The van der Waals surface area contributed by atoms with Crippen LogP contribution in [0.3, 0.4) is 0 Å². The van der Waals surface area contributed by atoms with Crippen molar-refractivity contribution in [1.29, 1.82) is 0 Å². The fourth-order valence-corrected chi connectivity index (χ4v) is 1.52. The first-order chi connectivity index (χ1) is 7.15. The van der Waals surface area contributed by atoms with Crippen LogP contribution >= 0.6 is 15.9 Å². The van der Waals surface area contributed by atoms with E-state index in [0.717, 1.165) is 19.5 Å². The lowest BCUT2D eigenvalue weighted by atomic mass is 10.3. The van der Waals surface area contributed by atoms with Gasteiger partial charge in [0.1, 0.15) is 0 Å². The molecule has 0 unspecified atom stereocenters. The van der Waals surface area contributed by atoms with Crippen LogP contribution in [0.15, 0.2) is 21.2 Å². The molecule has 5 heteroatoms. The van der Waals surface area contributed by atoms with Gasteiger partial charge in [-0.05, 0) is 48.1 Å². The molecule has 84 valence electrons. The lowest BCUT2D eigenvalue weighted by Crippen LogP contribution is -2.29. The highest BCUT2D eigenvalue weighted by Crippen LogP contribution is 2.15. The van der Waals surface area contributed by atoms with Crippen LogP contribution in [-0.2, 0) is 0 Å². The summed E-state index contributed by atoms with van der Waals surface area (Å²) < 4.78 is 5.76. The Labute approximate surface area is 97.8 Å². The van der Waals surface area contributed by atoms with Gasteiger partial charge in [-0.25, -0.2) is 0 Å². The van der Waals surface area contributed by atoms with Gasteiger partial charge in [0.2, 0.25) is 0 Å². The second kappa shape index (κ2) is 5.92. The molecule has 1 heterocycles. The number of hydrogen-bond acceptors (Lipinski definition) is 3. The molecular formula is C10H15BrN2O2. The number of carbonyl (C=O) groups excluding carboxylic acids is 1. The lowest BCUT2D eigenvalue weighted by molar-refractivity contribution is 0.0761. The topological polar surface area (TPSA) is 45.5 Å². The molecule has 0 radical (unpaired) electrons. The monoisotopic (exact) mass is 274 g/mol. The highest BCUT2D eigenvalue weighted by atomic mass is 79.9. The van der Waals surface area contributed by atoms with Crippen molar-refractivity contribution in [3.05, 3.63) is 22.6 Å². The molecule has 1 N–H and O–H groups in total. The Morgan fingerprint density at radius 3 is 2.87 bits per heavy atom. The number of nitrogens with one attached hydrogen (secondary N) is 1. The molecule has 0 fully saturated rings. The summed E-state index contributed by atoms with van der Waals surface area (Å²) in [6.45, 7) is 1.62. The maximum absolute atomic E-state index is 11.7. The molecule has 0 bridgehead atoms. The van der Waals surface area contributed by atoms with E-state index in [1.807, 2.05) is 7.05 Å². The molecule has 1 rings (SSSR count). The van der Waals surface area contributed by atoms with Gasteiger partial charge < -0.3 is 14.6 Å². The van der Waals surface area contributed by atoms with Crippen LogP contribution in [0.1, 0.15) is 17.0 Å². The zero-order chi connectivity index (χ0) is 11.3. The number of halogens is 1. The van der Waals surface area contributed by atoms with E-state index in [9.17, 15) is 4.79 Å². The van der Waals surface area contributed by atoms with Crippen molar-refractivity contribution >= 4 is 21.8 Å². The van der Waals surface area contributed by atoms with E-state index in [1.165, 1.54) is 0 Å². The van der Waals surface area contributed by atoms with Gasteiger partial charge in [0.15, 0.2) is 10.4 Å². The summed E-state index contributed by atoms with van der Waals surface area (Å²) in [6.07, 6.45) is 0.931. The second-order valence-corrected chi connectivity index (χ2v) is 4.07. The average Bonchev–Trinajstić information content (AvgIpc) is 2.64. The fraction of sp³-hybridized carbons (Fsp3) is 0.500. The smallest absolute Gasteiger partial charge is 0.289 e. The standard InChI is InChI=1S/C10H15BrN2O2/c1-12-6-3-7-13(2)10(14)8-4-5-9(11)15-8/h4-5,12H,3,6-7H2,1-2H3. The van der Waals surface area contributed by atoms with Gasteiger partial charge in [0.05, 0.1) is 0 Å². The molecule has 4 nitrogen and oxygen atoms in total. The molecule has 0 aromatic carbocycles. The molecule has 0 aliphatic carbocycles. The van der Waals surface area contributed by atoms with Crippen molar-refractivity contribution in [2.24, 2.45) is 0 Å². The van der Waals surface area contributed by atoms with E-state index < -0.39 is 0 Å². The van der Waals surface area contributed by atoms with Crippen LogP contribution in [0.2, 0.25) is 0 Å². The third kappa shape index (κ3) is 3.68. The zero-order valence-corrected chi connectivity index (χ0v) is 10.5. The summed E-state index contributed by atoms with van der Waals surface area (Å²) in [5.74, 6) is 0.283. The molecule has 1 aromatic heterocycles. The fourth-order valence-electron chi connectivity index (χ4n) is 1.21. The Bertz CT molecular complexity index is 325. The Morgan fingerprint density at radius 1 is 1.60 bits per heavy atom. The Kier molecular flexibility index (Phi) is 4.84. The van der Waals surface area contributed by atoms with Crippen molar-refractivity contribution in [1.82, 2.24) is 10.2 Å². The predicted octanol–water partition coefficient (Wildman–Crippen LogP) is 1.72. The Balaban J connectivity index is 2.46. The molecular weight excluding hydrogens is 260 g/mol. The lowest BCUT2D eigenvalue weighted by Gasteiger charge is -2.15. The number of carbonyl (C=O) groups is 1. The number of hydrogen-bond donors (Lipinski definition) is 1. The second-order valence-electron chi connectivity index (χ2n) is 3.29. The summed E-state index contributed by atoms with van der Waals surface area (Å²) in [4.78, 5) is 13.4. The van der Waals surface area contributed by atoms with Gasteiger partial charge in [-0.15, -0.1) is 0 Å². The number of amides is 1. The largest absolute Gasteiger partial charge is 0.444 e. The van der Waals surface area contributed by atoms with Gasteiger partial charge >= 0.3 is 0 Å². The third-order valence-electron chi connectivity index (χ3n) is 2.05. The van der Waals surface area contributed by atoms with E-state index in [0.29, 0.717) is 10.4 Å². The maximum Gasteiger partial charge on any atom is 0.289 e. The number of nitrogens with zero attached hydrogens (tertiary/aromatic N) is 1. The minimum atomic E-state index is -0.0863. The molecule has 1 aromatic rings. The van der Waals surface area contributed by atoms with Crippen LogP contribution in [0, 0.1) is 0 Å². The summed E-state index contributed by atoms with van der Waals surface area (Å²) in [7, 11) is 3.67. The summed E-state index contributed by atoms with van der Waals surface area (Å²) in [6, 6.07) is 3.38. The highest BCUT2D eigenvalue weighted by Gasteiger charge is 2.14. The molecule has 0 aliphatic rings. The van der Waals surface area contributed by atoms with E-state index in [4.69, 9.17) is 4.42 Å². The zero-order valence-electron chi connectivity index (χ0n) is 8.92. The van der Waals surface area contributed by atoms with E-state index >= 15 is 0 Å². The molecule has 0 saturated heterocycles. The third-order valence-corrected chi connectivity index (χ3v) is 2.48. The van der Waals surface area contributed by atoms with Crippen molar-refractivity contribution in [3.8, 4) is 0 Å². The SMILES string of the molecule is CNCCCN(C)C(=O)c1ccc(Br)o1. The molecule has 1 amide bonds. The average molecular weight is 275 g/mol. The van der Waals surface area contributed by atoms with Crippen LogP contribution in [-0.4, -0.2) is 38.0 Å². The first kappa shape index (κ1) is 12.3. The first-order valence-electron chi connectivity index (χ1n) is 4.80. The van der Waals surface area contributed by atoms with E-state index in [1.54, 1.807) is 24.1 Å². The van der Waals surface area contributed by atoms with Crippen molar-refractivity contribution in [3.63, 3.8) is 0 Å². The number of rotatable bonds is 5. The Morgan fingerprint density at radius 2 is 2.33 bits per heavy atom. The van der Waals surface area contributed by atoms with Crippen LogP contribution < -0.4 is 5.32 Å². The normalized spacial score (nSPS) is 10.3. The Hall–Kier alpha value is -0.810. The number of furan rings is 1. The van der Waals surface area contributed by atoms with E-state index in [-0.39, 0.29) is 5.91 Å². The predicted molar refractivity (Wildman–Crippen MR) is 61.9 cm³/mol. The minimum absolute atomic E-state index is 0.0863. The van der Waals surface area contributed by atoms with Crippen LogP contribution in [0.25, 0.3) is 0 Å². The summed E-state index contributed by atoms with van der Waals surface area (Å²) in [5.41, 5.74) is 0. The quantitative estimate of drug-likeness (QED) is 0.832. The van der Waals surface area contributed by atoms with Crippen molar-refractivity contribution in [2.45, 2.75) is 6.42 Å². The highest BCUT2D eigenvalue weighted by molar-refractivity contribution is 9.10.